The van der Waals surface area contributed by atoms with Crippen molar-refractivity contribution in [1.82, 2.24) is 4.90 Å². The van der Waals surface area contributed by atoms with Crippen LogP contribution in [0.3, 0.4) is 0 Å². The molecule has 2 aliphatic rings. The summed E-state index contributed by atoms with van der Waals surface area (Å²) >= 11 is 0. The smallest absolute Gasteiger partial charge is 0.266 e. The van der Waals surface area contributed by atoms with Crippen LogP contribution in [-0.2, 0) is 0 Å². The zero-order valence-electron chi connectivity index (χ0n) is 14.9. The number of rotatable bonds is 4. The van der Waals surface area contributed by atoms with Crippen molar-refractivity contribution in [2.45, 2.75) is 25.3 Å². The number of anilines is 1. The number of ether oxygens (including phenoxy) is 1. The van der Waals surface area contributed by atoms with Gasteiger partial charge in [-0.05, 0) is 62.8 Å². The normalized spacial score (nSPS) is 20.3. The lowest BCUT2D eigenvalue weighted by Gasteiger charge is -2.32. The monoisotopic (exact) mass is 350 g/mol. The Bertz CT molecular complexity index is 796. The third-order valence-corrected chi connectivity index (χ3v) is 5.25. The van der Waals surface area contributed by atoms with Crippen LogP contribution in [0.25, 0.3) is 0 Å². The molecular formula is C21H22N2O3. The molecule has 1 saturated heterocycles. The van der Waals surface area contributed by atoms with E-state index in [0.29, 0.717) is 29.5 Å². The maximum absolute atomic E-state index is 12.5. The van der Waals surface area contributed by atoms with Gasteiger partial charge in [0.15, 0.2) is 0 Å². The molecule has 0 aliphatic carbocycles. The maximum atomic E-state index is 12.5. The number of fused-ring (bicyclic) bond motifs is 1. The Hall–Kier alpha value is -2.66. The molecule has 2 aliphatic heterocycles. The molecule has 26 heavy (non-hydrogen) atoms. The number of nitrogens with zero attached hydrogens (tertiary/aromatic N) is 2. The first-order valence-electron chi connectivity index (χ1n) is 9.06. The molecule has 5 nitrogen and oxygen atoms in total. The lowest BCUT2D eigenvalue weighted by molar-refractivity contribution is 0.0926. The number of imide groups is 1. The van der Waals surface area contributed by atoms with Gasteiger partial charge in [-0.2, -0.15) is 0 Å². The minimum atomic E-state index is -0.275. The van der Waals surface area contributed by atoms with E-state index in [1.165, 1.54) is 17.7 Å². The largest absolute Gasteiger partial charge is 0.492 e. The van der Waals surface area contributed by atoms with E-state index >= 15 is 0 Å². The van der Waals surface area contributed by atoms with E-state index in [-0.39, 0.29) is 11.8 Å². The number of carbonyl (C=O) groups excluding carboxylic acids is 2. The van der Waals surface area contributed by atoms with Crippen molar-refractivity contribution in [3.63, 3.8) is 0 Å². The van der Waals surface area contributed by atoms with Gasteiger partial charge in [0.1, 0.15) is 12.4 Å². The van der Waals surface area contributed by atoms with Crippen molar-refractivity contribution in [2.24, 2.45) is 0 Å². The summed E-state index contributed by atoms with van der Waals surface area (Å²) < 4.78 is 5.92. The van der Waals surface area contributed by atoms with Crippen LogP contribution in [0.4, 0.5) is 5.69 Å². The molecular weight excluding hydrogens is 328 g/mol. The average Bonchev–Trinajstić information content (AvgIpc) is 2.93. The zero-order valence-corrected chi connectivity index (χ0v) is 14.9. The molecule has 0 bridgehead atoms. The van der Waals surface area contributed by atoms with Crippen LogP contribution >= 0.6 is 0 Å². The Morgan fingerprint density at radius 3 is 2.23 bits per heavy atom. The summed E-state index contributed by atoms with van der Waals surface area (Å²) in [5.74, 6) is 0.204. The SMILES string of the molecule is CN1CCCCC1COc1ccc(N2C(=O)c3ccccc3C2=O)cc1. The fourth-order valence-electron chi connectivity index (χ4n) is 3.66. The van der Waals surface area contributed by atoms with Gasteiger partial charge in [-0.15, -0.1) is 0 Å². The van der Waals surface area contributed by atoms with E-state index in [4.69, 9.17) is 4.74 Å². The molecule has 0 spiro atoms. The van der Waals surface area contributed by atoms with Gasteiger partial charge in [0, 0.05) is 6.04 Å². The van der Waals surface area contributed by atoms with Gasteiger partial charge in [0.05, 0.1) is 16.8 Å². The first-order chi connectivity index (χ1) is 12.6. The summed E-state index contributed by atoms with van der Waals surface area (Å²) in [6.07, 6.45) is 3.66. The number of benzene rings is 2. The Morgan fingerprint density at radius 1 is 0.962 bits per heavy atom. The minimum Gasteiger partial charge on any atom is -0.492 e. The van der Waals surface area contributed by atoms with Crippen molar-refractivity contribution in [3.05, 3.63) is 59.7 Å². The Kier molecular flexibility index (Phi) is 4.47. The molecule has 2 heterocycles. The van der Waals surface area contributed by atoms with E-state index in [1.54, 1.807) is 36.4 Å². The van der Waals surface area contributed by atoms with E-state index in [1.807, 2.05) is 12.1 Å². The fraction of sp³-hybridized carbons (Fsp3) is 0.333. The third-order valence-electron chi connectivity index (χ3n) is 5.25. The molecule has 4 rings (SSSR count). The fourth-order valence-corrected chi connectivity index (χ4v) is 3.66. The number of hydrogen-bond acceptors (Lipinski definition) is 4. The first-order valence-corrected chi connectivity index (χ1v) is 9.06. The second-order valence-corrected chi connectivity index (χ2v) is 6.93. The third kappa shape index (κ3) is 2.99. The number of piperidine rings is 1. The molecule has 1 atom stereocenters. The highest BCUT2D eigenvalue weighted by atomic mass is 16.5. The summed E-state index contributed by atoms with van der Waals surface area (Å²) in [6.45, 7) is 1.77. The van der Waals surface area contributed by atoms with Crippen LogP contribution in [0, 0.1) is 0 Å². The summed E-state index contributed by atoms with van der Waals surface area (Å²) in [6, 6.07) is 14.5. The van der Waals surface area contributed by atoms with Crippen molar-refractivity contribution >= 4 is 17.5 Å². The van der Waals surface area contributed by atoms with Crippen molar-refractivity contribution in [3.8, 4) is 5.75 Å². The molecule has 0 saturated carbocycles. The van der Waals surface area contributed by atoms with Gasteiger partial charge < -0.3 is 9.64 Å². The van der Waals surface area contributed by atoms with Gasteiger partial charge in [-0.3, -0.25) is 9.59 Å². The lowest BCUT2D eigenvalue weighted by Crippen LogP contribution is -2.40. The lowest BCUT2D eigenvalue weighted by atomic mass is 10.0. The van der Waals surface area contributed by atoms with Crippen LogP contribution in [-0.4, -0.2) is 43.0 Å². The van der Waals surface area contributed by atoms with E-state index in [0.717, 1.165) is 18.7 Å². The average molecular weight is 350 g/mol. The maximum Gasteiger partial charge on any atom is 0.266 e. The first kappa shape index (κ1) is 16.8. The van der Waals surface area contributed by atoms with Crippen LogP contribution in [0.2, 0.25) is 0 Å². The Morgan fingerprint density at radius 2 is 1.62 bits per heavy atom. The molecule has 134 valence electrons. The van der Waals surface area contributed by atoms with Gasteiger partial charge in [-0.25, -0.2) is 4.90 Å². The molecule has 2 aromatic carbocycles. The topological polar surface area (TPSA) is 49.9 Å². The zero-order chi connectivity index (χ0) is 18.1. The highest BCUT2D eigenvalue weighted by Gasteiger charge is 2.36. The van der Waals surface area contributed by atoms with Crippen molar-refractivity contribution < 1.29 is 14.3 Å². The van der Waals surface area contributed by atoms with Crippen LogP contribution in [0.15, 0.2) is 48.5 Å². The predicted molar refractivity (Wildman–Crippen MR) is 99.8 cm³/mol. The minimum absolute atomic E-state index is 0.275. The molecule has 1 fully saturated rings. The number of hydrogen-bond donors (Lipinski definition) is 0. The van der Waals surface area contributed by atoms with Crippen LogP contribution < -0.4 is 9.64 Å². The van der Waals surface area contributed by atoms with E-state index in [9.17, 15) is 9.59 Å². The Labute approximate surface area is 153 Å². The summed E-state index contributed by atoms with van der Waals surface area (Å²) in [4.78, 5) is 28.6. The number of amides is 2. The van der Waals surface area contributed by atoms with Crippen molar-refractivity contribution in [1.29, 1.82) is 0 Å². The van der Waals surface area contributed by atoms with Crippen LogP contribution in [0.5, 0.6) is 5.75 Å². The molecule has 0 aromatic heterocycles. The number of likely N-dealkylation sites (N-methyl/N-ethyl adjacent to an activating group) is 1. The van der Waals surface area contributed by atoms with Gasteiger partial charge in [0.25, 0.3) is 11.8 Å². The predicted octanol–water partition coefficient (Wildman–Crippen LogP) is 3.35. The van der Waals surface area contributed by atoms with Crippen molar-refractivity contribution in [2.75, 3.05) is 25.1 Å². The highest BCUT2D eigenvalue weighted by Crippen LogP contribution is 2.29. The van der Waals surface area contributed by atoms with E-state index < -0.39 is 0 Å². The second-order valence-electron chi connectivity index (χ2n) is 6.93. The highest BCUT2D eigenvalue weighted by molar-refractivity contribution is 6.34. The number of carbonyl (C=O) groups is 2. The molecule has 1 unspecified atom stereocenters. The van der Waals surface area contributed by atoms with Gasteiger partial charge >= 0.3 is 0 Å². The van der Waals surface area contributed by atoms with E-state index in [2.05, 4.69) is 11.9 Å². The number of likely N-dealkylation sites (tertiary alicyclic amines) is 1. The summed E-state index contributed by atoms with van der Waals surface area (Å²) in [5.41, 5.74) is 1.48. The molecule has 0 radical (unpaired) electrons. The molecule has 2 amide bonds. The standard InChI is InChI=1S/C21H22N2O3/c1-22-13-5-4-6-16(22)14-26-17-11-9-15(10-12-17)23-20(24)18-7-2-3-8-19(18)21(23)25/h2-3,7-12,16H,4-6,13-14H2,1H3. The van der Waals surface area contributed by atoms with Gasteiger partial charge in [-0.1, -0.05) is 18.6 Å². The quantitative estimate of drug-likeness (QED) is 0.794. The summed E-state index contributed by atoms with van der Waals surface area (Å²) in [5, 5.41) is 0. The Balaban J connectivity index is 1.45. The van der Waals surface area contributed by atoms with Gasteiger partial charge in [0.2, 0.25) is 0 Å². The second kappa shape index (κ2) is 6.92. The van der Waals surface area contributed by atoms with Crippen LogP contribution in [0.1, 0.15) is 40.0 Å². The summed E-state index contributed by atoms with van der Waals surface area (Å²) in [7, 11) is 2.14. The molecule has 0 N–H and O–H groups in total. The molecule has 2 aromatic rings. The molecule has 5 heteroatoms.